The Kier molecular flexibility index (Phi) is 5.32. The molecule has 6 heteroatoms. The third-order valence-electron chi connectivity index (χ3n) is 4.29. The third kappa shape index (κ3) is 4.73. The molecule has 124 valence electrons. The summed E-state index contributed by atoms with van der Waals surface area (Å²) in [5, 5.41) is 8.66. The van der Waals surface area contributed by atoms with Crippen LogP contribution in [-0.2, 0) is 4.74 Å². The highest BCUT2D eigenvalue weighted by Crippen LogP contribution is 2.40. The molecule has 1 aromatic carbocycles. The van der Waals surface area contributed by atoms with Gasteiger partial charge in [0.1, 0.15) is 5.75 Å². The molecule has 1 aromatic rings. The zero-order valence-corrected chi connectivity index (χ0v) is 12.8. The van der Waals surface area contributed by atoms with Gasteiger partial charge in [0.2, 0.25) is 0 Å². The molecule has 0 radical (unpaired) electrons. The summed E-state index contributed by atoms with van der Waals surface area (Å²) in [6.07, 6.45) is 1.81. The van der Waals surface area contributed by atoms with E-state index < -0.39 is 12.0 Å². The van der Waals surface area contributed by atoms with Crippen LogP contribution in [0.4, 0.5) is 13.2 Å². The van der Waals surface area contributed by atoms with Crippen LogP contribution in [0.15, 0.2) is 36.4 Å². The molecule has 0 amide bonds. The summed E-state index contributed by atoms with van der Waals surface area (Å²) >= 11 is 0. The molecule has 0 spiro atoms. The van der Waals surface area contributed by atoms with E-state index in [-0.39, 0.29) is 11.7 Å². The maximum Gasteiger partial charge on any atom is 0.573 e. The summed E-state index contributed by atoms with van der Waals surface area (Å²) in [6, 6.07) is 8.02. The van der Waals surface area contributed by atoms with Crippen molar-refractivity contribution in [3.63, 3.8) is 0 Å². The zero-order chi connectivity index (χ0) is 16.9. The van der Waals surface area contributed by atoms with E-state index >= 15 is 0 Å². The van der Waals surface area contributed by atoms with Crippen molar-refractivity contribution in [2.75, 3.05) is 7.11 Å². The van der Waals surface area contributed by atoms with Gasteiger partial charge in [-0.05, 0) is 55.4 Å². The molecule has 1 saturated carbocycles. The van der Waals surface area contributed by atoms with Crippen molar-refractivity contribution < 1.29 is 22.6 Å². The minimum atomic E-state index is -4.67. The fourth-order valence-corrected chi connectivity index (χ4v) is 3.01. The molecule has 1 aliphatic rings. The van der Waals surface area contributed by atoms with Crippen molar-refractivity contribution in [2.45, 2.75) is 43.6 Å². The van der Waals surface area contributed by atoms with Gasteiger partial charge in [0.15, 0.2) is 0 Å². The number of halogens is 3. The highest BCUT2D eigenvalue weighted by Gasteiger charge is 2.34. The first kappa shape index (κ1) is 17.4. The smallest absolute Gasteiger partial charge is 0.406 e. The van der Waals surface area contributed by atoms with Crippen LogP contribution in [-0.4, -0.2) is 19.1 Å². The lowest BCUT2D eigenvalue weighted by molar-refractivity contribution is -0.274. The first-order valence-electron chi connectivity index (χ1n) is 7.36. The SMILES string of the molecule is COC1(C=CC#N)CCC(c2ccc(OC(F)(F)F)cc2)CC1. The van der Waals surface area contributed by atoms with E-state index in [9.17, 15) is 13.2 Å². The monoisotopic (exact) mass is 325 g/mol. The van der Waals surface area contributed by atoms with E-state index in [0.29, 0.717) is 0 Å². The van der Waals surface area contributed by atoms with Crippen LogP contribution in [0, 0.1) is 11.3 Å². The van der Waals surface area contributed by atoms with Gasteiger partial charge in [-0.25, -0.2) is 0 Å². The van der Waals surface area contributed by atoms with Crippen LogP contribution >= 0.6 is 0 Å². The molecule has 1 aliphatic carbocycles. The minimum absolute atomic E-state index is 0.208. The average molecular weight is 325 g/mol. The predicted octanol–water partition coefficient (Wildman–Crippen LogP) is 4.71. The molecule has 3 nitrogen and oxygen atoms in total. The molecule has 0 N–H and O–H groups in total. The number of ether oxygens (including phenoxy) is 2. The molecule has 0 saturated heterocycles. The number of rotatable bonds is 4. The topological polar surface area (TPSA) is 42.2 Å². The Morgan fingerprint density at radius 2 is 1.83 bits per heavy atom. The van der Waals surface area contributed by atoms with E-state index in [1.54, 1.807) is 25.3 Å². The second-order valence-corrected chi connectivity index (χ2v) is 5.62. The number of hydrogen-bond donors (Lipinski definition) is 0. The summed E-state index contributed by atoms with van der Waals surface area (Å²) in [6.45, 7) is 0. The number of nitrogens with zero attached hydrogens (tertiary/aromatic N) is 1. The Morgan fingerprint density at radius 1 is 1.22 bits per heavy atom. The van der Waals surface area contributed by atoms with Gasteiger partial charge < -0.3 is 9.47 Å². The average Bonchev–Trinajstić information content (AvgIpc) is 2.53. The first-order chi connectivity index (χ1) is 10.9. The van der Waals surface area contributed by atoms with Gasteiger partial charge in [-0.1, -0.05) is 12.1 Å². The van der Waals surface area contributed by atoms with E-state index in [1.807, 2.05) is 6.07 Å². The highest BCUT2D eigenvalue weighted by atomic mass is 19.4. The number of hydrogen-bond acceptors (Lipinski definition) is 3. The summed E-state index contributed by atoms with van der Waals surface area (Å²) < 4.78 is 45.9. The summed E-state index contributed by atoms with van der Waals surface area (Å²) in [4.78, 5) is 0. The molecule has 1 fully saturated rings. The minimum Gasteiger partial charge on any atom is -0.406 e. The Bertz CT molecular complexity index is 579. The first-order valence-corrected chi connectivity index (χ1v) is 7.36. The molecular weight excluding hydrogens is 307 g/mol. The van der Waals surface area contributed by atoms with Gasteiger partial charge in [-0.2, -0.15) is 5.26 Å². The largest absolute Gasteiger partial charge is 0.573 e. The van der Waals surface area contributed by atoms with Crippen LogP contribution in [0.1, 0.15) is 37.2 Å². The van der Waals surface area contributed by atoms with E-state index in [4.69, 9.17) is 10.00 Å². The van der Waals surface area contributed by atoms with Gasteiger partial charge >= 0.3 is 6.36 Å². The lowest BCUT2D eigenvalue weighted by Crippen LogP contribution is -2.33. The Labute approximate surface area is 133 Å². The Morgan fingerprint density at radius 3 is 2.30 bits per heavy atom. The molecule has 0 unspecified atom stereocenters. The molecule has 23 heavy (non-hydrogen) atoms. The summed E-state index contributed by atoms with van der Waals surface area (Å²) in [5.74, 6) is 0.0638. The van der Waals surface area contributed by atoms with Crippen LogP contribution in [0.25, 0.3) is 0 Å². The van der Waals surface area contributed by atoms with Crippen LogP contribution < -0.4 is 4.74 Å². The molecule has 0 atom stereocenters. The van der Waals surface area contributed by atoms with E-state index in [1.165, 1.54) is 18.2 Å². The van der Waals surface area contributed by atoms with E-state index in [2.05, 4.69) is 4.74 Å². The standard InChI is InChI=1S/C17H18F3NO2/c1-22-16(9-2-12-21)10-7-14(8-11-16)13-3-5-15(6-4-13)23-17(18,19)20/h2-6,9,14H,7-8,10-11H2,1H3. The van der Waals surface area contributed by atoms with Gasteiger partial charge in [0, 0.05) is 13.2 Å². The van der Waals surface area contributed by atoms with Crippen molar-refractivity contribution in [2.24, 2.45) is 0 Å². The molecule has 0 aliphatic heterocycles. The van der Waals surface area contributed by atoms with Gasteiger partial charge in [0.25, 0.3) is 0 Å². The number of methoxy groups -OCH3 is 1. The van der Waals surface area contributed by atoms with E-state index in [0.717, 1.165) is 31.2 Å². The quantitative estimate of drug-likeness (QED) is 0.753. The van der Waals surface area contributed by atoms with Crippen LogP contribution in [0.3, 0.4) is 0 Å². The molecular formula is C17H18F3NO2. The van der Waals surface area contributed by atoms with Crippen molar-refractivity contribution in [3.05, 3.63) is 42.0 Å². The maximum absolute atomic E-state index is 12.2. The Hall–Kier alpha value is -2.00. The van der Waals surface area contributed by atoms with Gasteiger partial charge in [-0.3, -0.25) is 0 Å². The predicted molar refractivity (Wildman–Crippen MR) is 78.8 cm³/mol. The fourth-order valence-electron chi connectivity index (χ4n) is 3.01. The van der Waals surface area contributed by atoms with Crippen LogP contribution in [0.2, 0.25) is 0 Å². The number of alkyl halides is 3. The van der Waals surface area contributed by atoms with Gasteiger partial charge in [0.05, 0.1) is 11.7 Å². The maximum atomic E-state index is 12.2. The lowest BCUT2D eigenvalue weighted by atomic mass is 9.76. The number of allylic oxidation sites excluding steroid dienone is 1. The van der Waals surface area contributed by atoms with Crippen molar-refractivity contribution in [3.8, 4) is 11.8 Å². The fraction of sp³-hybridized carbons (Fsp3) is 0.471. The second-order valence-electron chi connectivity index (χ2n) is 5.62. The number of benzene rings is 1. The zero-order valence-electron chi connectivity index (χ0n) is 12.8. The van der Waals surface area contributed by atoms with Crippen molar-refractivity contribution >= 4 is 0 Å². The number of nitriles is 1. The molecule has 0 heterocycles. The van der Waals surface area contributed by atoms with Crippen molar-refractivity contribution in [1.82, 2.24) is 0 Å². The lowest BCUT2D eigenvalue weighted by Gasteiger charge is -2.37. The molecule has 0 bridgehead atoms. The van der Waals surface area contributed by atoms with Gasteiger partial charge in [-0.15, -0.1) is 13.2 Å². The molecule has 0 aromatic heterocycles. The second kappa shape index (κ2) is 7.05. The normalized spacial score (nSPS) is 25.3. The Balaban J connectivity index is 2.00. The molecule has 2 rings (SSSR count). The summed E-state index contributed by atoms with van der Waals surface area (Å²) in [7, 11) is 1.63. The highest BCUT2D eigenvalue weighted by molar-refractivity contribution is 5.30. The van der Waals surface area contributed by atoms with Crippen molar-refractivity contribution in [1.29, 1.82) is 5.26 Å². The van der Waals surface area contributed by atoms with Crippen LogP contribution in [0.5, 0.6) is 5.75 Å². The third-order valence-corrected chi connectivity index (χ3v) is 4.29. The summed E-state index contributed by atoms with van der Waals surface area (Å²) in [5.41, 5.74) is 0.583.